The lowest BCUT2D eigenvalue weighted by Crippen LogP contribution is -2.12. The van der Waals surface area contributed by atoms with Crippen LogP contribution in [0.5, 0.6) is 0 Å². The largest absolute Gasteiger partial charge is 0.313 e. The van der Waals surface area contributed by atoms with Gasteiger partial charge < -0.3 is 5.32 Å². The van der Waals surface area contributed by atoms with Gasteiger partial charge in [-0.25, -0.2) is 8.78 Å². The Hall–Kier alpha value is -1.39. The quantitative estimate of drug-likeness (QED) is 0.890. The number of nitrogens with one attached hydrogen (secondary N) is 1. The van der Waals surface area contributed by atoms with Crippen molar-refractivity contribution < 1.29 is 8.78 Å². The molecular formula is C15H15F2NS. The second-order valence-electron chi connectivity index (χ2n) is 4.26. The molecule has 0 heterocycles. The fourth-order valence-electron chi connectivity index (χ4n) is 1.69. The first-order valence-electron chi connectivity index (χ1n) is 6.00. The Kier molecular flexibility index (Phi) is 4.56. The topological polar surface area (TPSA) is 12.0 Å². The minimum atomic E-state index is -0.314. The molecule has 1 unspecified atom stereocenters. The van der Waals surface area contributed by atoms with Crippen LogP contribution in [-0.2, 0) is 0 Å². The van der Waals surface area contributed by atoms with Gasteiger partial charge in [-0.1, -0.05) is 23.9 Å². The standard InChI is InChI=1S/C15H15F2NS/c1-10(18-2)11-6-7-15(14(17)8-11)19-13-5-3-4-12(16)9-13/h3-10,18H,1-2H3. The highest BCUT2D eigenvalue weighted by molar-refractivity contribution is 7.99. The van der Waals surface area contributed by atoms with E-state index in [9.17, 15) is 8.78 Å². The van der Waals surface area contributed by atoms with E-state index < -0.39 is 0 Å². The van der Waals surface area contributed by atoms with Crippen LogP contribution < -0.4 is 5.32 Å². The maximum Gasteiger partial charge on any atom is 0.137 e. The van der Waals surface area contributed by atoms with E-state index in [-0.39, 0.29) is 17.7 Å². The summed E-state index contributed by atoms with van der Waals surface area (Å²) < 4.78 is 27.1. The van der Waals surface area contributed by atoms with Crippen molar-refractivity contribution in [3.8, 4) is 0 Å². The van der Waals surface area contributed by atoms with Crippen LogP contribution in [0.15, 0.2) is 52.3 Å². The molecule has 1 nitrogen and oxygen atoms in total. The first-order valence-corrected chi connectivity index (χ1v) is 6.82. The van der Waals surface area contributed by atoms with E-state index in [1.54, 1.807) is 18.2 Å². The van der Waals surface area contributed by atoms with Crippen molar-refractivity contribution in [2.24, 2.45) is 0 Å². The Morgan fingerprint density at radius 2 is 1.89 bits per heavy atom. The zero-order valence-corrected chi connectivity index (χ0v) is 11.6. The highest BCUT2D eigenvalue weighted by Gasteiger charge is 2.09. The number of hydrogen-bond donors (Lipinski definition) is 1. The SMILES string of the molecule is CNC(C)c1ccc(Sc2cccc(F)c2)c(F)c1. The molecule has 0 fully saturated rings. The lowest BCUT2D eigenvalue weighted by atomic mass is 10.1. The zero-order valence-electron chi connectivity index (χ0n) is 10.8. The number of rotatable bonds is 4. The molecule has 0 spiro atoms. The van der Waals surface area contributed by atoms with Gasteiger partial charge in [0.05, 0.1) is 0 Å². The van der Waals surface area contributed by atoms with Crippen LogP contribution in [0.4, 0.5) is 8.78 Å². The Labute approximate surface area is 116 Å². The van der Waals surface area contributed by atoms with Crippen molar-refractivity contribution in [2.45, 2.75) is 22.8 Å². The molecule has 0 bridgehead atoms. The molecule has 0 aliphatic rings. The molecule has 0 amide bonds. The summed E-state index contributed by atoms with van der Waals surface area (Å²) in [6, 6.07) is 11.4. The first kappa shape index (κ1) is 14.0. The van der Waals surface area contributed by atoms with Crippen molar-refractivity contribution in [3.05, 3.63) is 59.7 Å². The summed E-state index contributed by atoms with van der Waals surface area (Å²) in [5.41, 5.74) is 0.892. The van der Waals surface area contributed by atoms with Gasteiger partial charge in [-0.15, -0.1) is 0 Å². The minimum Gasteiger partial charge on any atom is -0.313 e. The molecule has 1 atom stereocenters. The van der Waals surface area contributed by atoms with Gasteiger partial charge in [0, 0.05) is 15.8 Å². The van der Waals surface area contributed by atoms with Gasteiger partial charge in [0.15, 0.2) is 0 Å². The maximum absolute atomic E-state index is 14.0. The average Bonchev–Trinajstić information content (AvgIpc) is 2.40. The van der Waals surface area contributed by atoms with Crippen molar-refractivity contribution in [1.29, 1.82) is 0 Å². The van der Waals surface area contributed by atoms with Gasteiger partial charge in [0.1, 0.15) is 11.6 Å². The molecule has 4 heteroatoms. The van der Waals surface area contributed by atoms with Crippen LogP contribution in [0.3, 0.4) is 0 Å². The van der Waals surface area contributed by atoms with Crippen LogP contribution >= 0.6 is 11.8 Å². The molecule has 0 radical (unpaired) electrons. The minimum absolute atomic E-state index is 0.0997. The third-order valence-electron chi connectivity index (χ3n) is 2.91. The van der Waals surface area contributed by atoms with Crippen LogP contribution in [0.1, 0.15) is 18.5 Å². The van der Waals surface area contributed by atoms with Gasteiger partial charge in [0.2, 0.25) is 0 Å². The Balaban J connectivity index is 2.22. The van der Waals surface area contributed by atoms with Gasteiger partial charge >= 0.3 is 0 Å². The third-order valence-corrected chi connectivity index (χ3v) is 3.95. The molecule has 0 saturated carbocycles. The van der Waals surface area contributed by atoms with E-state index in [4.69, 9.17) is 0 Å². The normalized spacial score (nSPS) is 12.4. The maximum atomic E-state index is 14.0. The van der Waals surface area contributed by atoms with E-state index in [0.717, 1.165) is 5.56 Å². The van der Waals surface area contributed by atoms with Crippen molar-refractivity contribution in [1.82, 2.24) is 5.32 Å². The Morgan fingerprint density at radius 1 is 1.11 bits per heavy atom. The van der Waals surface area contributed by atoms with Crippen molar-refractivity contribution in [3.63, 3.8) is 0 Å². The Morgan fingerprint density at radius 3 is 2.53 bits per heavy atom. The average molecular weight is 279 g/mol. The monoisotopic (exact) mass is 279 g/mol. The predicted octanol–water partition coefficient (Wildman–Crippen LogP) is 4.40. The van der Waals surface area contributed by atoms with Crippen LogP contribution in [0, 0.1) is 11.6 Å². The fraction of sp³-hybridized carbons (Fsp3) is 0.200. The van der Waals surface area contributed by atoms with Crippen molar-refractivity contribution >= 4 is 11.8 Å². The summed E-state index contributed by atoms with van der Waals surface area (Å²) in [4.78, 5) is 1.19. The Bertz CT molecular complexity index is 572. The molecule has 1 N–H and O–H groups in total. The highest BCUT2D eigenvalue weighted by atomic mass is 32.2. The summed E-state index contributed by atoms with van der Waals surface area (Å²) in [7, 11) is 1.83. The van der Waals surface area contributed by atoms with E-state index >= 15 is 0 Å². The molecule has 0 aliphatic heterocycles. The van der Waals surface area contributed by atoms with Gasteiger partial charge in [0.25, 0.3) is 0 Å². The molecule has 0 aliphatic carbocycles. The summed E-state index contributed by atoms with van der Waals surface area (Å²) in [6.07, 6.45) is 0. The van der Waals surface area contributed by atoms with Gasteiger partial charge in [-0.05, 0) is 49.9 Å². The summed E-state index contributed by atoms with van der Waals surface area (Å²) in [5.74, 6) is -0.598. The second-order valence-corrected chi connectivity index (χ2v) is 5.38. The number of benzene rings is 2. The lowest BCUT2D eigenvalue weighted by Gasteiger charge is -2.12. The molecular weight excluding hydrogens is 264 g/mol. The molecule has 2 aromatic rings. The van der Waals surface area contributed by atoms with E-state index in [1.807, 2.05) is 20.0 Å². The first-order chi connectivity index (χ1) is 9.10. The molecule has 100 valence electrons. The molecule has 2 aromatic carbocycles. The lowest BCUT2D eigenvalue weighted by molar-refractivity contribution is 0.587. The van der Waals surface area contributed by atoms with Gasteiger partial charge in [-0.3, -0.25) is 0 Å². The number of hydrogen-bond acceptors (Lipinski definition) is 2. The molecule has 2 rings (SSSR count). The van der Waals surface area contributed by atoms with E-state index in [2.05, 4.69) is 5.32 Å². The smallest absolute Gasteiger partial charge is 0.137 e. The van der Waals surface area contributed by atoms with Crippen LogP contribution in [-0.4, -0.2) is 7.05 Å². The highest BCUT2D eigenvalue weighted by Crippen LogP contribution is 2.31. The molecule has 0 aromatic heterocycles. The fourth-order valence-corrected chi connectivity index (χ4v) is 2.56. The zero-order chi connectivity index (χ0) is 13.8. The molecule has 0 saturated heterocycles. The van der Waals surface area contributed by atoms with Gasteiger partial charge in [-0.2, -0.15) is 0 Å². The van der Waals surface area contributed by atoms with E-state index in [0.29, 0.717) is 9.79 Å². The van der Waals surface area contributed by atoms with E-state index in [1.165, 1.54) is 30.0 Å². The van der Waals surface area contributed by atoms with Crippen LogP contribution in [0.25, 0.3) is 0 Å². The number of halogens is 2. The van der Waals surface area contributed by atoms with Crippen LogP contribution in [0.2, 0.25) is 0 Å². The summed E-state index contributed by atoms with van der Waals surface area (Å²) in [5, 5.41) is 3.06. The summed E-state index contributed by atoms with van der Waals surface area (Å²) in [6.45, 7) is 1.97. The predicted molar refractivity (Wildman–Crippen MR) is 74.4 cm³/mol. The van der Waals surface area contributed by atoms with Crippen molar-refractivity contribution in [2.75, 3.05) is 7.05 Å². The summed E-state index contributed by atoms with van der Waals surface area (Å²) >= 11 is 1.22. The third kappa shape index (κ3) is 3.55. The molecule has 19 heavy (non-hydrogen) atoms. The second kappa shape index (κ2) is 6.17.